The predicted octanol–water partition coefficient (Wildman–Crippen LogP) is 4.75. The molecule has 0 fully saturated rings. The van der Waals surface area contributed by atoms with Gasteiger partial charge in [-0.2, -0.15) is 5.10 Å². The Hall–Kier alpha value is -1.95. The molecule has 0 atom stereocenters. The van der Waals surface area contributed by atoms with E-state index in [4.69, 9.17) is 28.9 Å². The predicted molar refractivity (Wildman–Crippen MR) is 105 cm³/mol. The Balaban J connectivity index is 1.83. The van der Waals surface area contributed by atoms with Gasteiger partial charge in [-0.15, -0.1) is 0 Å². The first kappa shape index (κ1) is 17.9. The molecule has 2 aromatic carbocycles. The van der Waals surface area contributed by atoms with Gasteiger partial charge in [0.1, 0.15) is 0 Å². The second-order valence-electron chi connectivity index (χ2n) is 5.94. The monoisotopic (exact) mass is 372 g/mol. The van der Waals surface area contributed by atoms with Gasteiger partial charge in [-0.1, -0.05) is 48.9 Å². The molecule has 0 aliphatic carbocycles. The minimum absolute atomic E-state index is 0.658. The molecule has 0 N–H and O–H groups in total. The molecule has 4 nitrogen and oxygen atoms in total. The Kier molecular flexibility index (Phi) is 5.68. The van der Waals surface area contributed by atoms with Crippen LogP contribution in [-0.2, 0) is 20.3 Å². The van der Waals surface area contributed by atoms with E-state index < -0.39 is 0 Å². The summed E-state index contributed by atoms with van der Waals surface area (Å²) in [4.78, 5) is 2.31. The molecule has 1 heterocycles. The van der Waals surface area contributed by atoms with Crippen molar-refractivity contribution in [3.63, 3.8) is 0 Å². The van der Waals surface area contributed by atoms with E-state index in [0.29, 0.717) is 16.5 Å². The molecule has 25 heavy (non-hydrogen) atoms. The Morgan fingerprint density at radius 2 is 1.76 bits per heavy atom. The first-order chi connectivity index (χ1) is 12.1. The van der Waals surface area contributed by atoms with Gasteiger partial charge >= 0.3 is 0 Å². The molecule has 0 amide bonds. The van der Waals surface area contributed by atoms with Crippen LogP contribution in [0.5, 0.6) is 0 Å². The molecule has 130 valence electrons. The zero-order valence-electron chi connectivity index (χ0n) is 14.4. The Morgan fingerprint density at radius 3 is 2.40 bits per heavy atom. The number of nitrogens with zero attached hydrogens (tertiary/aromatic N) is 4. The minimum Gasteiger partial charge on any atom is -0.303 e. The van der Waals surface area contributed by atoms with E-state index in [9.17, 15) is 0 Å². The smallest absolute Gasteiger partial charge is 0.199 e. The molecule has 0 saturated carbocycles. The van der Waals surface area contributed by atoms with E-state index in [0.717, 1.165) is 24.5 Å². The lowest BCUT2D eigenvalue weighted by Gasteiger charge is -2.20. The molecular weight excluding hydrogens is 352 g/mol. The van der Waals surface area contributed by atoms with Crippen LogP contribution in [0.2, 0.25) is 5.02 Å². The van der Waals surface area contributed by atoms with Gasteiger partial charge in [-0.3, -0.25) is 4.90 Å². The summed E-state index contributed by atoms with van der Waals surface area (Å²) in [5.41, 5.74) is 2.28. The first-order valence-electron chi connectivity index (χ1n) is 8.24. The van der Waals surface area contributed by atoms with Gasteiger partial charge in [0.05, 0.1) is 6.67 Å². The van der Waals surface area contributed by atoms with Gasteiger partial charge < -0.3 is 4.57 Å². The third kappa shape index (κ3) is 4.18. The minimum atomic E-state index is 0.658. The maximum Gasteiger partial charge on any atom is 0.199 e. The van der Waals surface area contributed by atoms with Crippen LogP contribution in [0.15, 0.2) is 54.6 Å². The maximum atomic E-state index is 5.98. The van der Waals surface area contributed by atoms with Crippen molar-refractivity contribution in [2.45, 2.75) is 20.1 Å². The van der Waals surface area contributed by atoms with Crippen LogP contribution >= 0.6 is 23.8 Å². The highest BCUT2D eigenvalue weighted by Gasteiger charge is 2.12. The fourth-order valence-electron chi connectivity index (χ4n) is 2.72. The summed E-state index contributed by atoms with van der Waals surface area (Å²) in [6.07, 6.45) is 0. The van der Waals surface area contributed by atoms with Crippen molar-refractivity contribution in [2.24, 2.45) is 7.05 Å². The van der Waals surface area contributed by atoms with Crippen LogP contribution in [0.25, 0.3) is 11.4 Å². The van der Waals surface area contributed by atoms with E-state index >= 15 is 0 Å². The molecule has 3 aromatic rings. The molecule has 0 spiro atoms. The van der Waals surface area contributed by atoms with E-state index in [1.54, 1.807) is 0 Å². The van der Waals surface area contributed by atoms with E-state index in [2.05, 4.69) is 36.1 Å². The topological polar surface area (TPSA) is 26.0 Å². The molecule has 3 rings (SSSR count). The van der Waals surface area contributed by atoms with Gasteiger partial charge in [-0.25, -0.2) is 4.68 Å². The Labute approximate surface area is 158 Å². The number of hydrogen-bond acceptors (Lipinski definition) is 3. The zero-order chi connectivity index (χ0) is 17.8. The van der Waals surface area contributed by atoms with E-state index in [-0.39, 0.29) is 0 Å². The maximum absolute atomic E-state index is 5.98. The van der Waals surface area contributed by atoms with Crippen LogP contribution in [0, 0.1) is 4.77 Å². The molecule has 0 unspecified atom stereocenters. The lowest BCUT2D eigenvalue weighted by atomic mass is 10.2. The van der Waals surface area contributed by atoms with Crippen molar-refractivity contribution in [1.82, 2.24) is 19.2 Å². The Morgan fingerprint density at radius 1 is 1.08 bits per heavy atom. The largest absolute Gasteiger partial charge is 0.303 e. The Bertz CT molecular complexity index is 884. The average molecular weight is 373 g/mol. The second kappa shape index (κ2) is 7.95. The fraction of sp³-hybridized carbons (Fsp3) is 0.263. The summed E-state index contributed by atoms with van der Waals surface area (Å²) in [5.74, 6) is 0.845. The highest BCUT2D eigenvalue weighted by atomic mass is 35.5. The quantitative estimate of drug-likeness (QED) is 0.584. The summed E-state index contributed by atoms with van der Waals surface area (Å²) in [6.45, 7) is 4.59. The van der Waals surface area contributed by atoms with Crippen LogP contribution in [0.4, 0.5) is 0 Å². The molecule has 6 heteroatoms. The third-order valence-corrected chi connectivity index (χ3v) is 4.91. The van der Waals surface area contributed by atoms with Crippen LogP contribution < -0.4 is 0 Å². The lowest BCUT2D eigenvalue weighted by Crippen LogP contribution is -2.26. The molecule has 1 aromatic heterocycles. The summed E-state index contributed by atoms with van der Waals surface area (Å²) in [6, 6.07) is 18.1. The lowest BCUT2D eigenvalue weighted by molar-refractivity contribution is 0.207. The zero-order valence-corrected chi connectivity index (χ0v) is 16.0. The molecule has 0 radical (unpaired) electrons. The van der Waals surface area contributed by atoms with Crippen molar-refractivity contribution < 1.29 is 0 Å². The summed E-state index contributed by atoms with van der Waals surface area (Å²) in [7, 11) is 1.95. The van der Waals surface area contributed by atoms with E-state index in [1.165, 1.54) is 5.56 Å². The molecular formula is C19H21ClN4S. The molecule has 0 bridgehead atoms. The second-order valence-corrected chi connectivity index (χ2v) is 6.75. The fourth-order valence-corrected chi connectivity index (χ4v) is 3.03. The van der Waals surface area contributed by atoms with Gasteiger partial charge in [0.25, 0.3) is 0 Å². The van der Waals surface area contributed by atoms with Crippen molar-refractivity contribution in [3.05, 3.63) is 70.0 Å². The van der Waals surface area contributed by atoms with Crippen molar-refractivity contribution in [3.8, 4) is 11.4 Å². The van der Waals surface area contributed by atoms with Gasteiger partial charge in [-0.05, 0) is 48.6 Å². The van der Waals surface area contributed by atoms with Crippen molar-refractivity contribution >= 4 is 23.8 Å². The van der Waals surface area contributed by atoms with Crippen LogP contribution in [0.3, 0.4) is 0 Å². The van der Waals surface area contributed by atoms with Gasteiger partial charge in [0.15, 0.2) is 10.6 Å². The van der Waals surface area contributed by atoms with Crippen molar-refractivity contribution in [1.29, 1.82) is 0 Å². The standard InChI is InChI=1S/C19H21ClN4S/c1-3-23(13-15-7-5-4-6-8-15)14-24-19(25)22(2)18(21-24)16-9-11-17(20)12-10-16/h4-12H,3,13-14H2,1-2H3. The summed E-state index contributed by atoms with van der Waals surface area (Å²) < 4.78 is 4.53. The van der Waals surface area contributed by atoms with Gasteiger partial charge in [0.2, 0.25) is 0 Å². The summed E-state index contributed by atoms with van der Waals surface area (Å²) >= 11 is 11.6. The number of hydrogen-bond donors (Lipinski definition) is 0. The normalized spacial score (nSPS) is 11.2. The highest BCUT2D eigenvalue weighted by Crippen LogP contribution is 2.20. The number of rotatable bonds is 6. The SMILES string of the molecule is CCN(Cc1ccccc1)Cn1nc(-c2ccc(Cl)cc2)n(C)c1=S. The van der Waals surface area contributed by atoms with Crippen molar-refractivity contribution in [2.75, 3.05) is 6.54 Å². The molecule has 0 saturated heterocycles. The van der Waals surface area contributed by atoms with E-state index in [1.807, 2.05) is 46.6 Å². The van der Waals surface area contributed by atoms with Crippen LogP contribution in [0.1, 0.15) is 12.5 Å². The number of benzene rings is 2. The number of halogens is 1. The summed E-state index contributed by atoms with van der Waals surface area (Å²) in [5, 5.41) is 5.44. The first-order valence-corrected chi connectivity index (χ1v) is 9.03. The molecule has 0 aliphatic heterocycles. The van der Waals surface area contributed by atoms with Crippen LogP contribution in [-0.4, -0.2) is 25.8 Å². The molecule has 0 aliphatic rings. The highest BCUT2D eigenvalue weighted by molar-refractivity contribution is 7.71. The number of aromatic nitrogens is 3. The average Bonchev–Trinajstić information content (AvgIpc) is 2.91. The third-order valence-electron chi connectivity index (χ3n) is 4.17. The van der Waals surface area contributed by atoms with Gasteiger partial charge in [0, 0.05) is 24.2 Å².